The van der Waals surface area contributed by atoms with Crippen LogP contribution in [0.3, 0.4) is 0 Å². The number of benzene rings is 2. The highest BCUT2D eigenvalue weighted by atomic mass is 16.2. The highest BCUT2D eigenvalue weighted by Crippen LogP contribution is 2.26. The van der Waals surface area contributed by atoms with E-state index in [1.165, 1.54) is 16.3 Å². The van der Waals surface area contributed by atoms with Crippen LogP contribution in [0.25, 0.3) is 10.8 Å². The summed E-state index contributed by atoms with van der Waals surface area (Å²) in [6.45, 7) is 4.55. The number of amides is 1. The Hall–Kier alpha value is -1.91. The van der Waals surface area contributed by atoms with Gasteiger partial charge in [0.05, 0.1) is 0 Å². The van der Waals surface area contributed by atoms with Crippen LogP contribution in [-0.4, -0.2) is 47.9 Å². The van der Waals surface area contributed by atoms with Crippen molar-refractivity contribution in [3.63, 3.8) is 0 Å². The molecule has 2 atom stereocenters. The molecule has 1 aliphatic carbocycles. The molecule has 0 spiro atoms. The topological polar surface area (TPSA) is 49.6 Å². The fourth-order valence-electron chi connectivity index (χ4n) is 4.51. The molecule has 1 saturated carbocycles. The summed E-state index contributed by atoms with van der Waals surface area (Å²) in [5, 5.41) is 2.64. The maximum Gasteiger partial charge on any atom is 0.225 e. The molecule has 0 bridgehead atoms. The van der Waals surface area contributed by atoms with E-state index in [1.807, 2.05) is 0 Å². The first-order chi connectivity index (χ1) is 12.7. The second kappa shape index (κ2) is 7.77. The third-order valence-electron chi connectivity index (χ3n) is 6.02. The largest absolute Gasteiger partial charge is 0.340 e. The molecule has 2 N–H and O–H groups in total. The second-order valence-electron chi connectivity index (χ2n) is 7.86. The number of fused-ring (bicyclic) bond motifs is 1. The van der Waals surface area contributed by atoms with Crippen LogP contribution in [-0.2, 0) is 11.3 Å². The SMILES string of the molecule is NC1CCCC(C(=O)N2CCN(Cc3cccc4ccccc34)CC2)C1. The maximum absolute atomic E-state index is 12.8. The maximum atomic E-state index is 12.8. The minimum atomic E-state index is 0.156. The first kappa shape index (κ1) is 17.5. The van der Waals surface area contributed by atoms with Crippen LogP contribution < -0.4 is 5.73 Å². The predicted molar refractivity (Wildman–Crippen MR) is 106 cm³/mol. The van der Waals surface area contributed by atoms with Crippen LogP contribution >= 0.6 is 0 Å². The molecule has 2 aromatic carbocycles. The third kappa shape index (κ3) is 3.76. The van der Waals surface area contributed by atoms with Crippen LogP contribution in [0, 0.1) is 5.92 Å². The van der Waals surface area contributed by atoms with Crippen molar-refractivity contribution in [2.24, 2.45) is 11.7 Å². The summed E-state index contributed by atoms with van der Waals surface area (Å²) in [6, 6.07) is 15.3. The standard InChI is InChI=1S/C22H29N3O/c23-20-9-4-7-18(15-20)22(26)25-13-11-24(12-14-25)16-19-8-3-6-17-5-1-2-10-21(17)19/h1-3,5-6,8,10,18,20H,4,7,9,11-16,23H2. The quantitative estimate of drug-likeness (QED) is 0.925. The van der Waals surface area contributed by atoms with Gasteiger partial charge in [0.1, 0.15) is 0 Å². The Morgan fingerprint density at radius 1 is 1.00 bits per heavy atom. The lowest BCUT2D eigenvalue weighted by Gasteiger charge is -2.38. The molecule has 1 amide bonds. The Morgan fingerprint density at radius 3 is 2.58 bits per heavy atom. The minimum Gasteiger partial charge on any atom is -0.340 e. The summed E-state index contributed by atoms with van der Waals surface area (Å²) in [6.07, 6.45) is 4.05. The van der Waals surface area contributed by atoms with Crippen molar-refractivity contribution in [3.8, 4) is 0 Å². The zero-order valence-corrected chi connectivity index (χ0v) is 15.4. The highest BCUT2D eigenvalue weighted by molar-refractivity contribution is 5.85. The Labute approximate surface area is 156 Å². The van der Waals surface area contributed by atoms with Gasteiger partial charge in [0, 0.05) is 44.7 Å². The molecule has 4 nitrogen and oxygen atoms in total. The molecule has 138 valence electrons. The van der Waals surface area contributed by atoms with E-state index in [4.69, 9.17) is 5.73 Å². The van der Waals surface area contributed by atoms with Crippen LogP contribution in [0.2, 0.25) is 0 Å². The van der Waals surface area contributed by atoms with Crippen LogP contribution in [0.5, 0.6) is 0 Å². The molecule has 26 heavy (non-hydrogen) atoms. The third-order valence-corrected chi connectivity index (χ3v) is 6.02. The first-order valence-corrected chi connectivity index (χ1v) is 9.94. The molecular formula is C22H29N3O. The number of carbonyl (C=O) groups excluding carboxylic acids is 1. The Morgan fingerprint density at radius 2 is 1.77 bits per heavy atom. The Balaban J connectivity index is 1.35. The van der Waals surface area contributed by atoms with Crippen molar-refractivity contribution in [2.45, 2.75) is 38.3 Å². The summed E-state index contributed by atoms with van der Waals surface area (Å²) < 4.78 is 0. The van der Waals surface area contributed by atoms with Crippen molar-refractivity contribution < 1.29 is 4.79 Å². The van der Waals surface area contributed by atoms with Crippen molar-refractivity contribution in [1.29, 1.82) is 0 Å². The predicted octanol–water partition coefficient (Wildman–Crippen LogP) is 3.00. The van der Waals surface area contributed by atoms with Gasteiger partial charge >= 0.3 is 0 Å². The lowest BCUT2D eigenvalue weighted by molar-refractivity contribution is -0.138. The molecule has 2 aromatic rings. The van der Waals surface area contributed by atoms with E-state index in [0.717, 1.165) is 58.4 Å². The number of hydrogen-bond acceptors (Lipinski definition) is 3. The van der Waals surface area contributed by atoms with E-state index in [-0.39, 0.29) is 12.0 Å². The van der Waals surface area contributed by atoms with Crippen LogP contribution in [0.15, 0.2) is 42.5 Å². The smallest absolute Gasteiger partial charge is 0.225 e. The minimum absolute atomic E-state index is 0.156. The van der Waals surface area contributed by atoms with Crippen molar-refractivity contribution in [2.75, 3.05) is 26.2 Å². The van der Waals surface area contributed by atoms with Gasteiger partial charge in [-0.2, -0.15) is 0 Å². The molecule has 0 radical (unpaired) electrons. The number of rotatable bonds is 3. The first-order valence-electron chi connectivity index (χ1n) is 9.94. The number of nitrogens with two attached hydrogens (primary N) is 1. The molecule has 1 saturated heterocycles. The van der Waals surface area contributed by atoms with E-state index < -0.39 is 0 Å². The monoisotopic (exact) mass is 351 g/mol. The molecule has 1 heterocycles. The van der Waals surface area contributed by atoms with Gasteiger partial charge in [0.25, 0.3) is 0 Å². The van der Waals surface area contributed by atoms with Gasteiger partial charge in [-0.1, -0.05) is 48.9 Å². The van der Waals surface area contributed by atoms with Gasteiger partial charge in [0.2, 0.25) is 5.91 Å². The number of hydrogen-bond donors (Lipinski definition) is 1. The molecule has 0 aromatic heterocycles. The highest BCUT2D eigenvalue weighted by Gasteiger charge is 2.30. The average Bonchev–Trinajstić information content (AvgIpc) is 2.68. The van der Waals surface area contributed by atoms with Gasteiger partial charge in [-0.3, -0.25) is 9.69 Å². The molecule has 2 unspecified atom stereocenters. The molecule has 4 heteroatoms. The fourth-order valence-corrected chi connectivity index (χ4v) is 4.51. The summed E-state index contributed by atoms with van der Waals surface area (Å²) >= 11 is 0. The summed E-state index contributed by atoms with van der Waals surface area (Å²) in [4.78, 5) is 17.3. The zero-order chi connectivity index (χ0) is 17.9. The van der Waals surface area contributed by atoms with E-state index in [1.54, 1.807) is 0 Å². The second-order valence-corrected chi connectivity index (χ2v) is 7.86. The molecular weight excluding hydrogens is 322 g/mol. The lowest BCUT2D eigenvalue weighted by atomic mass is 9.85. The van der Waals surface area contributed by atoms with E-state index in [0.29, 0.717) is 5.91 Å². The summed E-state index contributed by atoms with van der Waals surface area (Å²) in [5.74, 6) is 0.494. The molecule has 2 fully saturated rings. The summed E-state index contributed by atoms with van der Waals surface area (Å²) in [7, 11) is 0. The lowest BCUT2D eigenvalue weighted by Crippen LogP contribution is -2.50. The average molecular weight is 351 g/mol. The fraction of sp³-hybridized carbons (Fsp3) is 0.500. The molecule has 4 rings (SSSR count). The van der Waals surface area contributed by atoms with Gasteiger partial charge in [-0.25, -0.2) is 0 Å². The van der Waals surface area contributed by atoms with Crippen LogP contribution in [0.4, 0.5) is 0 Å². The van der Waals surface area contributed by atoms with Gasteiger partial charge < -0.3 is 10.6 Å². The summed E-state index contributed by atoms with van der Waals surface area (Å²) in [5.41, 5.74) is 7.44. The number of carbonyl (C=O) groups is 1. The van der Waals surface area contributed by atoms with E-state index in [9.17, 15) is 4.79 Å². The van der Waals surface area contributed by atoms with Gasteiger partial charge in [-0.05, 0) is 35.6 Å². The zero-order valence-electron chi connectivity index (χ0n) is 15.4. The van der Waals surface area contributed by atoms with Gasteiger partial charge in [-0.15, -0.1) is 0 Å². The number of piperazine rings is 1. The van der Waals surface area contributed by atoms with Gasteiger partial charge in [0.15, 0.2) is 0 Å². The number of nitrogens with zero attached hydrogens (tertiary/aromatic N) is 2. The van der Waals surface area contributed by atoms with Crippen molar-refractivity contribution in [1.82, 2.24) is 9.80 Å². The van der Waals surface area contributed by atoms with E-state index >= 15 is 0 Å². The van der Waals surface area contributed by atoms with Crippen molar-refractivity contribution in [3.05, 3.63) is 48.0 Å². The van der Waals surface area contributed by atoms with E-state index in [2.05, 4.69) is 52.3 Å². The molecule has 1 aliphatic heterocycles. The normalized spacial score (nSPS) is 24.7. The van der Waals surface area contributed by atoms with Crippen LogP contribution in [0.1, 0.15) is 31.2 Å². The Bertz CT molecular complexity index is 762. The van der Waals surface area contributed by atoms with Crippen molar-refractivity contribution >= 4 is 16.7 Å². The Kier molecular flexibility index (Phi) is 5.23. The molecule has 2 aliphatic rings.